The molecule has 0 aliphatic carbocycles. The van der Waals surface area contributed by atoms with Crippen molar-refractivity contribution in [1.82, 2.24) is 4.98 Å². The molecule has 1 aromatic carbocycles. The largest absolute Gasteiger partial charge is 0.364 e. The van der Waals surface area contributed by atoms with Crippen LogP contribution in [0.25, 0.3) is 0 Å². The summed E-state index contributed by atoms with van der Waals surface area (Å²) >= 11 is 6.07. The van der Waals surface area contributed by atoms with Crippen molar-refractivity contribution >= 4 is 17.3 Å². The number of rotatable bonds is 3. The van der Waals surface area contributed by atoms with Gasteiger partial charge >= 0.3 is 0 Å². The number of aromatic nitrogens is 1. The molecule has 3 rings (SSSR count). The monoisotopic (exact) mass is 287 g/mol. The van der Waals surface area contributed by atoms with E-state index in [2.05, 4.69) is 22.0 Å². The Bertz CT molecular complexity index is 586. The fraction of sp³-hybridized carbons (Fsp3) is 0.312. The summed E-state index contributed by atoms with van der Waals surface area (Å²) in [6.07, 6.45) is 6.11. The topological polar surface area (TPSA) is 42.1 Å². The van der Waals surface area contributed by atoms with Crippen molar-refractivity contribution < 1.29 is 0 Å². The second-order valence-corrected chi connectivity index (χ2v) is 5.55. The third-order valence-corrected chi connectivity index (χ3v) is 4.13. The Balaban J connectivity index is 1.97. The predicted molar refractivity (Wildman–Crippen MR) is 82.9 cm³/mol. The molecule has 0 radical (unpaired) electrons. The molecule has 4 heteroatoms. The number of hydrogen-bond acceptors (Lipinski definition) is 3. The van der Waals surface area contributed by atoms with Crippen LogP contribution < -0.4 is 10.6 Å². The average Bonchev–Trinajstić information content (AvgIpc) is 2.97. The number of hydrogen-bond donors (Lipinski definition) is 1. The van der Waals surface area contributed by atoms with Gasteiger partial charge in [0, 0.05) is 36.2 Å². The van der Waals surface area contributed by atoms with Gasteiger partial charge in [0.2, 0.25) is 0 Å². The molecule has 2 aromatic rings. The highest BCUT2D eigenvalue weighted by atomic mass is 35.5. The Morgan fingerprint density at radius 2 is 2.25 bits per heavy atom. The van der Waals surface area contributed by atoms with Crippen LogP contribution in [0.2, 0.25) is 5.02 Å². The summed E-state index contributed by atoms with van der Waals surface area (Å²) in [6, 6.07) is 10.5. The lowest BCUT2D eigenvalue weighted by Crippen LogP contribution is -2.24. The minimum atomic E-state index is 0.384. The van der Waals surface area contributed by atoms with Gasteiger partial charge in [-0.05, 0) is 48.2 Å². The van der Waals surface area contributed by atoms with Gasteiger partial charge in [0.05, 0.1) is 6.04 Å². The van der Waals surface area contributed by atoms with E-state index in [4.69, 9.17) is 17.3 Å². The zero-order chi connectivity index (χ0) is 13.9. The molecule has 1 aliphatic rings. The second-order valence-electron chi connectivity index (χ2n) is 5.11. The maximum Gasteiger partial charge on any atom is 0.0558 e. The fourth-order valence-corrected chi connectivity index (χ4v) is 3.17. The maximum atomic E-state index is 6.07. The lowest BCUT2D eigenvalue weighted by molar-refractivity contribution is 0.712. The summed E-state index contributed by atoms with van der Waals surface area (Å²) in [5, 5.41) is 0.742. The van der Waals surface area contributed by atoms with Crippen molar-refractivity contribution in [2.45, 2.75) is 25.4 Å². The summed E-state index contributed by atoms with van der Waals surface area (Å²) in [6.45, 7) is 1.56. The van der Waals surface area contributed by atoms with Crippen molar-refractivity contribution in [3.8, 4) is 0 Å². The molecule has 3 nitrogen and oxygen atoms in total. The lowest BCUT2D eigenvalue weighted by Gasteiger charge is -2.29. The molecule has 0 saturated carbocycles. The summed E-state index contributed by atoms with van der Waals surface area (Å²) in [5.41, 5.74) is 9.44. The van der Waals surface area contributed by atoms with Gasteiger partial charge in [-0.2, -0.15) is 0 Å². The highest BCUT2D eigenvalue weighted by Crippen LogP contribution is 2.38. The molecule has 1 unspecified atom stereocenters. The Labute approximate surface area is 124 Å². The van der Waals surface area contributed by atoms with Gasteiger partial charge in [-0.1, -0.05) is 17.7 Å². The van der Waals surface area contributed by atoms with Crippen molar-refractivity contribution in [2.75, 3.05) is 11.4 Å². The van der Waals surface area contributed by atoms with Crippen molar-refractivity contribution in [3.63, 3.8) is 0 Å². The number of nitrogens with zero attached hydrogens (tertiary/aromatic N) is 2. The smallest absolute Gasteiger partial charge is 0.0558 e. The number of benzene rings is 1. The number of nitrogens with two attached hydrogens (primary N) is 1. The van der Waals surface area contributed by atoms with Crippen LogP contribution in [0.15, 0.2) is 42.7 Å². The molecule has 20 heavy (non-hydrogen) atoms. The maximum absolute atomic E-state index is 6.07. The first-order valence-electron chi connectivity index (χ1n) is 6.94. The van der Waals surface area contributed by atoms with E-state index >= 15 is 0 Å². The van der Waals surface area contributed by atoms with Gasteiger partial charge in [0.15, 0.2) is 0 Å². The van der Waals surface area contributed by atoms with Crippen molar-refractivity contribution in [3.05, 3.63) is 58.9 Å². The molecule has 2 heterocycles. The van der Waals surface area contributed by atoms with Gasteiger partial charge in [0.1, 0.15) is 0 Å². The summed E-state index contributed by atoms with van der Waals surface area (Å²) in [5.74, 6) is 0. The zero-order valence-electron chi connectivity index (χ0n) is 11.3. The lowest BCUT2D eigenvalue weighted by atomic mass is 10.1. The van der Waals surface area contributed by atoms with Crippen LogP contribution >= 0.6 is 11.6 Å². The molecule has 0 bridgehead atoms. The third-order valence-electron chi connectivity index (χ3n) is 3.89. The molecule has 1 atom stereocenters. The Hall–Kier alpha value is -1.58. The molecule has 0 spiro atoms. The molecule has 104 valence electrons. The zero-order valence-corrected chi connectivity index (χ0v) is 12.1. The van der Waals surface area contributed by atoms with Crippen LogP contribution in [-0.2, 0) is 6.54 Å². The van der Waals surface area contributed by atoms with Gasteiger partial charge in [0.25, 0.3) is 0 Å². The molecule has 1 fully saturated rings. The molecule has 2 N–H and O–H groups in total. The highest BCUT2D eigenvalue weighted by molar-refractivity contribution is 6.30. The van der Waals surface area contributed by atoms with Crippen LogP contribution in [0.4, 0.5) is 5.69 Å². The first kappa shape index (κ1) is 13.4. The summed E-state index contributed by atoms with van der Waals surface area (Å²) in [4.78, 5) is 6.67. The molecular formula is C16H18ClN3. The van der Waals surface area contributed by atoms with Crippen molar-refractivity contribution in [1.29, 1.82) is 0 Å². The number of pyridine rings is 1. The summed E-state index contributed by atoms with van der Waals surface area (Å²) in [7, 11) is 0. The standard InChI is InChI=1S/C16H18ClN3/c17-14-5-6-16(13(9-14)10-18)20-8-2-4-15(20)12-3-1-7-19-11-12/h1,3,5-7,9,11,15H,2,4,8,10,18H2. The first-order chi connectivity index (χ1) is 9.79. The van der Waals surface area contributed by atoms with E-state index in [0.717, 1.165) is 23.6 Å². The SMILES string of the molecule is NCc1cc(Cl)ccc1N1CCCC1c1cccnc1. The van der Waals surface area contributed by atoms with Gasteiger partial charge in [-0.25, -0.2) is 0 Å². The van der Waals surface area contributed by atoms with Crippen molar-refractivity contribution in [2.24, 2.45) is 5.73 Å². The van der Waals surface area contributed by atoms with Gasteiger partial charge in [-0.15, -0.1) is 0 Å². The Morgan fingerprint density at radius 3 is 3.00 bits per heavy atom. The van der Waals surface area contributed by atoms with Crippen LogP contribution in [0.5, 0.6) is 0 Å². The van der Waals surface area contributed by atoms with Crippen LogP contribution in [0.3, 0.4) is 0 Å². The van der Waals surface area contributed by atoms with Crippen LogP contribution in [0.1, 0.15) is 30.0 Å². The van der Waals surface area contributed by atoms with Gasteiger partial charge < -0.3 is 10.6 Å². The van der Waals surface area contributed by atoms with E-state index in [0.29, 0.717) is 12.6 Å². The average molecular weight is 288 g/mol. The third kappa shape index (κ3) is 2.51. The van der Waals surface area contributed by atoms with Gasteiger partial charge in [-0.3, -0.25) is 4.98 Å². The molecule has 1 aliphatic heterocycles. The van der Waals surface area contributed by atoms with E-state index in [1.807, 2.05) is 30.6 Å². The Kier molecular flexibility index (Phi) is 3.90. The minimum absolute atomic E-state index is 0.384. The number of anilines is 1. The number of halogens is 1. The van der Waals surface area contributed by atoms with E-state index in [9.17, 15) is 0 Å². The highest BCUT2D eigenvalue weighted by Gasteiger charge is 2.27. The second kappa shape index (κ2) is 5.81. The van der Waals surface area contributed by atoms with E-state index in [1.54, 1.807) is 0 Å². The minimum Gasteiger partial charge on any atom is -0.364 e. The van der Waals surface area contributed by atoms with E-state index < -0.39 is 0 Å². The van der Waals surface area contributed by atoms with E-state index in [1.165, 1.54) is 17.7 Å². The van der Waals surface area contributed by atoms with Crippen LogP contribution in [-0.4, -0.2) is 11.5 Å². The fourth-order valence-electron chi connectivity index (χ4n) is 2.97. The summed E-state index contributed by atoms with van der Waals surface area (Å²) < 4.78 is 0. The van der Waals surface area contributed by atoms with E-state index in [-0.39, 0.29) is 0 Å². The molecular weight excluding hydrogens is 270 g/mol. The quantitative estimate of drug-likeness (QED) is 0.939. The van der Waals surface area contributed by atoms with Crippen LogP contribution in [0, 0.1) is 0 Å². The molecule has 1 aromatic heterocycles. The first-order valence-corrected chi connectivity index (χ1v) is 7.32. The predicted octanol–water partition coefficient (Wildman–Crippen LogP) is 3.54. The molecule has 1 saturated heterocycles. The Morgan fingerprint density at radius 1 is 1.35 bits per heavy atom. The normalized spacial score (nSPS) is 18.5. The molecule has 0 amide bonds.